The van der Waals surface area contributed by atoms with Crippen LogP contribution in [0.4, 0.5) is 22.0 Å². The molecule has 7 nitrogen and oxygen atoms in total. The van der Waals surface area contributed by atoms with E-state index < -0.39 is 85.7 Å². The van der Waals surface area contributed by atoms with E-state index in [2.05, 4.69) is 4.52 Å². The zero-order valence-electron chi connectivity index (χ0n) is 14.8. The van der Waals surface area contributed by atoms with Gasteiger partial charge in [0, 0.05) is 12.6 Å². The lowest BCUT2D eigenvalue weighted by molar-refractivity contribution is -0.154. The van der Waals surface area contributed by atoms with Gasteiger partial charge >= 0.3 is 17.9 Å². The molecule has 0 fully saturated rings. The van der Waals surface area contributed by atoms with Crippen molar-refractivity contribution in [3.05, 3.63) is 35.1 Å². The number of carboxylic acids is 2. The SMILES string of the molecule is CC(C(=O)O[PH](=O)CC(CCC(=O)O)C(=O)O)C(F)(F)c1ccc(F)c(F)c1F. The maximum absolute atomic E-state index is 14.3. The molecule has 0 saturated heterocycles. The Bertz CT molecular complexity index is 830. The van der Waals surface area contributed by atoms with Crippen LogP contribution in [0.25, 0.3) is 0 Å². The van der Waals surface area contributed by atoms with E-state index in [-0.39, 0.29) is 12.1 Å². The average Bonchev–Trinajstić information content (AvgIpc) is 2.61. The fourth-order valence-corrected chi connectivity index (χ4v) is 3.48. The third kappa shape index (κ3) is 6.25. The fraction of sp³-hybridized carbons (Fsp3) is 0.438. The van der Waals surface area contributed by atoms with Gasteiger partial charge in [0.15, 0.2) is 17.5 Å². The molecule has 29 heavy (non-hydrogen) atoms. The second kappa shape index (κ2) is 9.82. The Kier molecular flexibility index (Phi) is 8.31. The maximum Gasteiger partial charge on any atom is 0.320 e. The van der Waals surface area contributed by atoms with E-state index in [1.54, 1.807) is 0 Å². The minimum absolute atomic E-state index is 0.239. The highest BCUT2D eigenvalue weighted by molar-refractivity contribution is 7.39. The van der Waals surface area contributed by atoms with Crippen LogP contribution in [-0.2, 0) is 29.4 Å². The highest BCUT2D eigenvalue weighted by Crippen LogP contribution is 2.40. The molecule has 3 atom stereocenters. The Hall–Kier alpha value is -2.49. The first kappa shape index (κ1) is 24.5. The summed E-state index contributed by atoms with van der Waals surface area (Å²) in [7, 11) is -3.52. The number of alkyl halides is 2. The largest absolute Gasteiger partial charge is 0.481 e. The average molecular weight is 446 g/mol. The lowest BCUT2D eigenvalue weighted by Crippen LogP contribution is -2.32. The van der Waals surface area contributed by atoms with Crippen molar-refractivity contribution in [2.24, 2.45) is 11.8 Å². The van der Waals surface area contributed by atoms with Crippen molar-refractivity contribution in [2.75, 3.05) is 6.16 Å². The van der Waals surface area contributed by atoms with Crippen LogP contribution in [0.15, 0.2) is 12.1 Å². The van der Waals surface area contributed by atoms with Gasteiger partial charge in [0.05, 0.1) is 11.5 Å². The molecule has 0 aliphatic heterocycles. The van der Waals surface area contributed by atoms with Gasteiger partial charge < -0.3 is 14.7 Å². The Labute approximate surface area is 161 Å². The molecule has 0 amide bonds. The number of carbonyl (C=O) groups excluding carboxylic acids is 1. The standard InChI is InChI=1S/C16H16F5O7P/c1-7(16(20,21)9-3-4-10(17)13(19)12(9)18)15(26)28-29(27)6-8(14(24)25)2-5-11(22)23/h3-4,7-8,29H,2,5-6H2,1H3,(H,22,23)(H,24,25). The molecule has 0 spiro atoms. The third-order valence-corrected chi connectivity index (χ3v) is 5.23. The maximum atomic E-state index is 14.3. The molecule has 0 aromatic heterocycles. The third-order valence-electron chi connectivity index (χ3n) is 3.98. The van der Waals surface area contributed by atoms with Crippen molar-refractivity contribution in [1.29, 1.82) is 0 Å². The smallest absolute Gasteiger partial charge is 0.320 e. The van der Waals surface area contributed by atoms with Crippen LogP contribution in [0, 0.1) is 29.3 Å². The summed E-state index contributed by atoms with van der Waals surface area (Å²) in [4.78, 5) is 33.4. The second-order valence-corrected chi connectivity index (χ2v) is 7.39. The van der Waals surface area contributed by atoms with Crippen LogP contribution in [0.2, 0.25) is 0 Å². The summed E-state index contributed by atoms with van der Waals surface area (Å²) >= 11 is 0. The molecule has 0 radical (unpaired) electrons. The monoisotopic (exact) mass is 446 g/mol. The highest BCUT2D eigenvalue weighted by Gasteiger charge is 2.47. The number of aliphatic carboxylic acids is 2. The van der Waals surface area contributed by atoms with Gasteiger partial charge in [-0.2, -0.15) is 0 Å². The first-order valence-corrected chi connectivity index (χ1v) is 9.52. The van der Waals surface area contributed by atoms with Gasteiger partial charge in [-0.25, -0.2) is 22.0 Å². The quantitative estimate of drug-likeness (QED) is 0.321. The van der Waals surface area contributed by atoms with Crippen LogP contribution < -0.4 is 0 Å². The van der Waals surface area contributed by atoms with Crippen LogP contribution in [0.1, 0.15) is 25.3 Å². The van der Waals surface area contributed by atoms with Gasteiger partial charge in [0.2, 0.25) is 8.03 Å². The molecule has 0 saturated carbocycles. The number of halogens is 5. The summed E-state index contributed by atoms with van der Waals surface area (Å²) in [6.07, 6.45) is -1.81. The zero-order chi connectivity index (χ0) is 22.5. The Morgan fingerprint density at radius 3 is 2.24 bits per heavy atom. The van der Waals surface area contributed by atoms with Crippen molar-refractivity contribution in [3.8, 4) is 0 Å². The van der Waals surface area contributed by atoms with Gasteiger partial charge in [-0.1, -0.05) is 0 Å². The van der Waals surface area contributed by atoms with Crippen molar-refractivity contribution < 1.29 is 55.6 Å². The van der Waals surface area contributed by atoms with E-state index in [1.807, 2.05) is 0 Å². The van der Waals surface area contributed by atoms with Gasteiger partial charge in [0.25, 0.3) is 5.92 Å². The molecule has 3 unspecified atom stereocenters. The normalized spacial score (nSPS) is 14.7. The van der Waals surface area contributed by atoms with Gasteiger partial charge in [-0.3, -0.25) is 18.9 Å². The molecule has 0 heterocycles. The summed E-state index contributed by atoms with van der Waals surface area (Å²) in [5.41, 5.74) is -1.62. The lowest BCUT2D eigenvalue weighted by atomic mass is 9.95. The van der Waals surface area contributed by atoms with Gasteiger partial charge in [-0.05, 0) is 25.5 Å². The number of hydrogen-bond acceptors (Lipinski definition) is 5. The van der Waals surface area contributed by atoms with Gasteiger partial charge in [0.1, 0.15) is 5.92 Å². The first-order chi connectivity index (χ1) is 13.3. The molecular weight excluding hydrogens is 430 g/mol. The summed E-state index contributed by atoms with van der Waals surface area (Å²) in [6.45, 7) is 0.567. The van der Waals surface area contributed by atoms with Crippen LogP contribution in [0.5, 0.6) is 0 Å². The van der Waals surface area contributed by atoms with Crippen molar-refractivity contribution in [2.45, 2.75) is 25.7 Å². The molecule has 1 aromatic carbocycles. The van der Waals surface area contributed by atoms with E-state index in [4.69, 9.17) is 10.2 Å². The molecule has 0 aliphatic rings. The summed E-state index contributed by atoms with van der Waals surface area (Å²) < 4.78 is 84.6. The van der Waals surface area contributed by atoms with E-state index >= 15 is 0 Å². The van der Waals surface area contributed by atoms with Crippen molar-refractivity contribution >= 4 is 25.9 Å². The van der Waals surface area contributed by atoms with E-state index in [9.17, 15) is 40.9 Å². The van der Waals surface area contributed by atoms with Crippen LogP contribution in [-0.4, -0.2) is 34.3 Å². The number of carbonyl (C=O) groups is 3. The molecule has 0 aliphatic carbocycles. The van der Waals surface area contributed by atoms with Crippen LogP contribution in [0.3, 0.4) is 0 Å². The fourth-order valence-electron chi connectivity index (χ4n) is 2.22. The number of benzene rings is 1. The van der Waals surface area contributed by atoms with E-state index in [0.29, 0.717) is 6.92 Å². The minimum atomic E-state index is -4.37. The Balaban J connectivity index is 2.89. The summed E-state index contributed by atoms with van der Waals surface area (Å²) in [5.74, 6) is -19.0. The summed E-state index contributed by atoms with van der Waals surface area (Å²) in [5, 5.41) is 17.5. The Morgan fingerprint density at radius 2 is 1.72 bits per heavy atom. The zero-order valence-corrected chi connectivity index (χ0v) is 15.8. The predicted octanol–water partition coefficient (Wildman–Crippen LogP) is 3.42. The minimum Gasteiger partial charge on any atom is -0.481 e. The van der Waals surface area contributed by atoms with Crippen molar-refractivity contribution in [1.82, 2.24) is 0 Å². The Morgan fingerprint density at radius 1 is 1.14 bits per heavy atom. The number of rotatable bonds is 10. The van der Waals surface area contributed by atoms with E-state index in [1.165, 1.54) is 0 Å². The summed E-state index contributed by atoms with van der Waals surface area (Å²) in [6, 6.07) is 0.482. The lowest BCUT2D eigenvalue weighted by Gasteiger charge is -2.23. The number of hydrogen-bond donors (Lipinski definition) is 2. The molecule has 0 bridgehead atoms. The van der Waals surface area contributed by atoms with Crippen molar-refractivity contribution in [3.63, 3.8) is 0 Å². The predicted molar refractivity (Wildman–Crippen MR) is 87.3 cm³/mol. The molecule has 1 aromatic rings. The topological polar surface area (TPSA) is 118 Å². The van der Waals surface area contributed by atoms with E-state index in [0.717, 1.165) is 0 Å². The van der Waals surface area contributed by atoms with Gasteiger partial charge in [-0.15, -0.1) is 0 Å². The first-order valence-electron chi connectivity index (χ1n) is 7.99. The molecule has 1 rings (SSSR count). The highest BCUT2D eigenvalue weighted by atomic mass is 31.1. The second-order valence-electron chi connectivity index (χ2n) is 6.03. The molecular formula is C16H16F5O7P. The number of carboxylic acid groups (broad SMARTS) is 2. The molecule has 13 heteroatoms. The molecule has 162 valence electrons. The molecule has 2 N–H and O–H groups in total. The van der Waals surface area contributed by atoms with Crippen LogP contribution >= 0.6 is 8.03 Å².